The van der Waals surface area contributed by atoms with E-state index >= 15 is 0 Å². The molecule has 0 fully saturated rings. The highest BCUT2D eigenvalue weighted by Gasteiger charge is 2.41. The van der Waals surface area contributed by atoms with Gasteiger partial charge in [0.05, 0.1) is 4.88 Å². The minimum atomic E-state index is -4.74. The number of hydrogen-bond donors (Lipinski definition) is 0. The lowest BCUT2D eigenvalue weighted by Crippen LogP contribution is -2.43. The van der Waals surface area contributed by atoms with Gasteiger partial charge in [0.1, 0.15) is 0 Å². The Bertz CT molecular complexity index is 356. The number of carbonyl (C=O) groups is 1. The van der Waals surface area contributed by atoms with Gasteiger partial charge in [-0.1, -0.05) is 11.3 Å². The van der Waals surface area contributed by atoms with E-state index in [0.717, 1.165) is 4.88 Å². The van der Waals surface area contributed by atoms with Crippen LogP contribution in [0.15, 0.2) is 5.51 Å². The Balaban J connectivity index is 2.80. The summed E-state index contributed by atoms with van der Waals surface area (Å²) < 4.78 is 37.1. The normalized spacial score (nSPS) is 11.8. The standard InChI is InChI=1S/C8H9F3NOS/c1-5-6(2)14-4-12(5)3-7(13)8(9,10)11/h4H,3H2,1-2H3/q+1. The molecule has 0 aliphatic carbocycles. The van der Waals surface area contributed by atoms with E-state index in [1.165, 1.54) is 21.4 Å². The maximum atomic E-state index is 11.9. The van der Waals surface area contributed by atoms with Gasteiger partial charge in [0, 0.05) is 6.92 Å². The first-order chi connectivity index (χ1) is 6.32. The summed E-state index contributed by atoms with van der Waals surface area (Å²) in [5.74, 6) is -1.72. The van der Waals surface area contributed by atoms with Crippen LogP contribution < -0.4 is 4.57 Å². The average Bonchev–Trinajstić information content (AvgIpc) is 2.34. The van der Waals surface area contributed by atoms with Crippen molar-refractivity contribution in [2.24, 2.45) is 0 Å². The van der Waals surface area contributed by atoms with Gasteiger partial charge < -0.3 is 0 Å². The second-order valence-corrected chi connectivity index (χ2v) is 3.97. The number of alkyl halides is 3. The van der Waals surface area contributed by atoms with Crippen LogP contribution in [0.25, 0.3) is 0 Å². The van der Waals surface area contributed by atoms with Gasteiger partial charge in [0.2, 0.25) is 12.1 Å². The topological polar surface area (TPSA) is 20.9 Å². The zero-order valence-electron chi connectivity index (χ0n) is 7.68. The second-order valence-electron chi connectivity index (χ2n) is 2.91. The van der Waals surface area contributed by atoms with E-state index in [1.807, 2.05) is 0 Å². The van der Waals surface area contributed by atoms with Gasteiger partial charge in [-0.25, -0.2) is 0 Å². The Morgan fingerprint density at radius 3 is 2.43 bits per heavy atom. The van der Waals surface area contributed by atoms with Gasteiger partial charge >= 0.3 is 12.0 Å². The highest BCUT2D eigenvalue weighted by Crippen LogP contribution is 2.16. The number of aryl methyl sites for hydroxylation is 1. The van der Waals surface area contributed by atoms with Crippen molar-refractivity contribution >= 4 is 17.1 Å². The predicted molar refractivity (Wildman–Crippen MR) is 45.1 cm³/mol. The first kappa shape index (κ1) is 11.2. The second kappa shape index (κ2) is 3.68. The number of nitrogens with zero attached hydrogens (tertiary/aromatic N) is 1. The molecule has 1 heterocycles. The molecule has 0 atom stereocenters. The summed E-state index contributed by atoms with van der Waals surface area (Å²) in [7, 11) is 0. The lowest BCUT2D eigenvalue weighted by molar-refractivity contribution is -0.686. The molecule has 0 amide bonds. The van der Waals surface area contributed by atoms with Crippen molar-refractivity contribution in [1.29, 1.82) is 0 Å². The number of halogens is 3. The fourth-order valence-corrected chi connectivity index (χ4v) is 1.72. The molecular formula is C8H9F3NOS+. The van der Waals surface area contributed by atoms with Gasteiger partial charge in [0.15, 0.2) is 5.69 Å². The van der Waals surface area contributed by atoms with E-state index in [9.17, 15) is 18.0 Å². The zero-order valence-corrected chi connectivity index (χ0v) is 8.50. The van der Waals surface area contributed by atoms with Crippen LogP contribution in [-0.4, -0.2) is 12.0 Å². The Morgan fingerprint density at radius 2 is 2.07 bits per heavy atom. The van der Waals surface area contributed by atoms with E-state index in [4.69, 9.17) is 0 Å². The molecule has 14 heavy (non-hydrogen) atoms. The summed E-state index contributed by atoms with van der Waals surface area (Å²) in [6.07, 6.45) is -4.74. The Hall–Kier alpha value is -0.910. The molecule has 0 N–H and O–H groups in total. The number of Topliss-reactive ketones (excluding diaryl/α,β-unsaturated/α-hetero) is 1. The predicted octanol–water partition coefficient (Wildman–Crippen LogP) is 1.78. The highest BCUT2D eigenvalue weighted by atomic mass is 32.1. The van der Waals surface area contributed by atoms with Crippen LogP contribution in [0.3, 0.4) is 0 Å². The lowest BCUT2D eigenvalue weighted by Gasteiger charge is -2.00. The van der Waals surface area contributed by atoms with Crippen molar-refractivity contribution in [3.8, 4) is 0 Å². The van der Waals surface area contributed by atoms with Gasteiger partial charge in [-0.3, -0.25) is 4.79 Å². The molecule has 0 spiro atoms. The van der Waals surface area contributed by atoms with E-state index < -0.39 is 18.5 Å². The Kier molecular flexibility index (Phi) is 2.94. The molecular weight excluding hydrogens is 215 g/mol. The van der Waals surface area contributed by atoms with Crippen LogP contribution in [0.2, 0.25) is 0 Å². The van der Waals surface area contributed by atoms with E-state index in [-0.39, 0.29) is 0 Å². The van der Waals surface area contributed by atoms with Crippen molar-refractivity contribution < 1.29 is 22.5 Å². The van der Waals surface area contributed by atoms with Gasteiger partial charge in [-0.2, -0.15) is 17.7 Å². The van der Waals surface area contributed by atoms with E-state index in [0.29, 0.717) is 5.69 Å². The van der Waals surface area contributed by atoms with Crippen LogP contribution in [0, 0.1) is 13.8 Å². The monoisotopic (exact) mass is 224 g/mol. The number of aromatic nitrogens is 1. The SMILES string of the molecule is Cc1sc[n+](CC(=O)C(F)(F)F)c1C. The quantitative estimate of drug-likeness (QED) is 0.701. The molecule has 6 heteroatoms. The largest absolute Gasteiger partial charge is 0.456 e. The maximum Gasteiger partial charge on any atom is 0.456 e. The first-order valence-electron chi connectivity index (χ1n) is 3.86. The maximum absolute atomic E-state index is 11.9. The average molecular weight is 224 g/mol. The van der Waals surface area contributed by atoms with E-state index in [2.05, 4.69) is 0 Å². The van der Waals surface area contributed by atoms with Crippen molar-refractivity contribution in [2.75, 3.05) is 0 Å². The number of thiazole rings is 1. The van der Waals surface area contributed by atoms with Crippen LogP contribution in [0.5, 0.6) is 0 Å². The molecule has 0 unspecified atom stereocenters. The molecule has 78 valence electrons. The van der Waals surface area contributed by atoms with Crippen LogP contribution in [-0.2, 0) is 11.3 Å². The molecule has 2 nitrogen and oxygen atoms in total. The van der Waals surface area contributed by atoms with Crippen molar-refractivity contribution in [3.63, 3.8) is 0 Å². The summed E-state index contributed by atoms with van der Waals surface area (Å²) in [5.41, 5.74) is 2.22. The molecule has 0 saturated heterocycles. The van der Waals surface area contributed by atoms with Gasteiger partial charge in [-0.05, 0) is 6.92 Å². The minimum absolute atomic E-state index is 0.625. The molecule has 0 aromatic carbocycles. The van der Waals surface area contributed by atoms with E-state index in [1.54, 1.807) is 13.8 Å². The summed E-state index contributed by atoms with van der Waals surface area (Å²) in [6, 6.07) is 0. The van der Waals surface area contributed by atoms with Crippen LogP contribution in [0.1, 0.15) is 10.6 Å². The third-order valence-electron chi connectivity index (χ3n) is 1.93. The fourth-order valence-electron chi connectivity index (χ4n) is 0.909. The lowest BCUT2D eigenvalue weighted by atomic mass is 10.3. The molecule has 1 rings (SSSR count). The fraction of sp³-hybridized carbons (Fsp3) is 0.500. The summed E-state index contributed by atoms with van der Waals surface area (Å²) in [5, 5.41) is 0. The van der Waals surface area contributed by atoms with Crippen LogP contribution >= 0.6 is 11.3 Å². The number of ketones is 1. The minimum Gasteiger partial charge on any atom is -0.282 e. The molecule has 0 saturated carbocycles. The van der Waals surface area contributed by atoms with Crippen molar-refractivity contribution in [1.82, 2.24) is 0 Å². The molecule has 1 aromatic heterocycles. The number of rotatable bonds is 2. The first-order valence-corrected chi connectivity index (χ1v) is 4.74. The number of carbonyl (C=O) groups excluding carboxylic acids is 1. The highest BCUT2D eigenvalue weighted by molar-refractivity contribution is 7.09. The molecule has 0 aliphatic heterocycles. The molecule has 0 bridgehead atoms. The van der Waals surface area contributed by atoms with Crippen LogP contribution in [0.4, 0.5) is 13.2 Å². The van der Waals surface area contributed by atoms with Gasteiger partial charge in [0.25, 0.3) is 0 Å². The summed E-state index contributed by atoms with van der Waals surface area (Å²) in [6.45, 7) is 2.86. The summed E-state index contributed by atoms with van der Waals surface area (Å²) >= 11 is 1.33. The third-order valence-corrected chi connectivity index (χ3v) is 2.94. The smallest absolute Gasteiger partial charge is 0.282 e. The zero-order chi connectivity index (χ0) is 10.9. The Labute approximate surface area is 83.0 Å². The van der Waals surface area contributed by atoms with Crippen molar-refractivity contribution in [2.45, 2.75) is 26.6 Å². The van der Waals surface area contributed by atoms with Crippen molar-refractivity contribution in [3.05, 3.63) is 16.1 Å². The van der Waals surface area contributed by atoms with Gasteiger partial charge in [-0.15, -0.1) is 0 Å². The molecule has 0 aliphatic rings. The Morgan fingerprint density at radius 1 is 1.50 bits per heavy atom. The molecule has 1 aromatic rings. The third kappa shape index (κ3) is 2.31. The molecule has 0 radical (unpaired) electrons. The number of hydrogen-bond acceptors (Lipinski definition) is 2. The summed E-state index contributed by atoms with van der Waals surface area (Å²) in [4.78, 5) is 11.6.